The predicted octanol–water partition coefficient (Wildman–Crippen LogP) is 3.51. The van der Waals surface area contributed by atoms with Crippen LogP contribution in [0.1, 0.15) is 65.8 Å². The van der Waals surface area contributed by atoms with Crippen molar-refractivity contribution in [1.29, 1.82) is 0 Å². The molecule has 0 aliphatic heterocycles. The Labute approximate surface area is 186 Å². The first kappa shape index (κ1) is 24.5. The molecule has 9 heteroatoms. The molecule has 0 aliphatic rings. The van der Waals surface area contributed by atoms with Crippen molar-refractivity contribution in [2.45, 2.75) is 58.3 Å². The van der Waals surface area contributed by atoms with Gasteiger partial charge in [-0.2, -0.15) is 0 Å². The molecular formula is C22H28N3O5S. The lowest BCUT2D eigenvalue weighted by Crippen LogP contribution is -2.43. The number of nitrogens with one attached hydrogen (secondary N) is 1. The van der Waals surface area contributed by atoms with E-state index < -0.39 is 29.5 Å². The van der Waals surface area contributed by atoms with E-state index >= 15 is 0 Å². The third kappa shape index (κ3) is 8.10. The van der Waals surface area contributed by atoms with Crippen molar-refractivity contribution < 1.29 is 23.9 Å². The van der Waals surface area contributed by atoms with Crippen LogP contribution in [0.2, 0.25) is 0 Å². The van der Waals surface area contributed by atoms with Crippen molar-refractivity contribution in [2.75, 3.05) is 6.54 Å². The molecule has 3 N–H and O–H groups in total. The second kappa shape index (κ2) is 11.6. The molecule has 0 unspecified atom stereocenters. The summed E-state index contributed by atoms with van der Waals surface area (Å²) in [6, 6.07) is 8.30. The van der Waals surface area contributed by atoms with Crippen LogP contribution in [-0.2, 0) is 16.1 Å². The van der Waals surface area contributed by atoms with Crippen molar-refractivity contribution in [3.8, 4) is 0 Å². The number of esters is 1. The van der Waals surface area contributed by atoms with E-state index in [0.29, 0.717) is 25.8 Å². The molecule has 0 bridgehead atoms. The minimum absolute atomic E-state index is 0.0565. The summed E-state index contributed by atoms with van der Waals surface area (Å²) in [5.41, 5.74) is 8.12. The van der Waals surface area contributed by atoms with Gasteiger partial charge in [0.2, 0.25) is 0 Å². The van der Waals surface area contributed by atoms with E-state index in [9.17, 15) is 14.4 Å². The summed E-state index contributed by atoms with van der Waals surface area (Å²) >= 11 is 0.912. The zero-order valence-electron chi connectivity index (χ0n) is 18.0. The molecule has 0 saturated carbocycles. The molecule has 1 atom stereocenters. The lowest BCUT2D eigenvalue weighted by Gasteiger charge is -2.23. The molecule has 0 saturated heterocycles. The highest BCUT2D eigenvalue weighted by molar-refractivity contribution is 7.11. The summed E-state index contributed by atoms with van der Waals surface area (Å²) in [7, 11) is 0. The highest BCUT2D eigenvalue weighted by Crippen LogP contribution is 2.20. The summed E-state index contributed by atoms with van der Waals surface area (Å²) in [4.78, 5) is 41.9. The lowest BCUT2D eigenvalue weighted by atomic mass is 10.0. The van der Waals surface area contributed by atoms with Gasteiger partial charge in [0.15, 0.2) is 17.0 Å². The van der Waals surface area contributed by atoms with E-state index in [4.69, 9.17) is 15.2 Å². The number of ketones is 1. The number of unbranched alkanes of at least 4 members (excludes halogenated alkanes) is 1. The normalized spacial score (nSPS) is 12.1. The lowest BCUT2D eigenvalue weighted by molar-refractivity contribution is 0.0463. The molecule has 1 radical (unpaired) electrons. The zero-order chi connectivity index (χ0) is 22.9. The number of benzene rings is 1. The number of thiazole rings is 1. The van der Waals surface area contributed by atoms with E-state index in [1.54, 1.807) is 20.8 Å². The third-order valence-electron chi connectivity index (χ3n) is 4.10. The maximum Gasteiger partial charge on any atom is 0.408 e. The van der Waals surface area contributed by atoms with Crippen molar-refractivity contribution in [3.05, 3.63) is 52.0 Å². The average Bonchev–Trinajstić information content (AvgIpc) is 3.20. The Bertz CT molecular complexity index is 877. The van der Waals surface area contributed by atoms with Gasteiger partial charge in [0.25, 0.3) is 0 Å². The highest BCUT2D eigenvalue weighted by Gasteiger charge is 2.30. The Balaban J connectivity index is 2.11. The Morgan fingerprint density at radius 3 is 2.55 bits per heavy atom. The van der Waals surface area contributed by atoms with Crippen LogP contribution in [0.5, 0.6) is 0 Å². The molecule has 2 rings (SSSR count). The van der Waals surface area contributed by atoms with Crippen LogP contribution in [-0.4, -0.2) is 41.0 Å². The van der Waals surface area contributed by atoms with Crippen LogP contribution in [0.15, 0.2) is 30.3 Å². The van der Waals surface area contributed by atoms with Crippen molar-refractivity contribution in [1.82, 2.24) is 10.3 Å². The molecule has 1 amide bonds. The zero-order valence-corrected chi connectivity index (χ0v) is 18.8. The number of carbonyl (C=O) groups is 3. The standard InChI is InChI=1S/C22H28N3O5S/c1-22(2,3)30-21(28)25-16(11-7-8-12-23)18(26)19-17(24-14-31-19)20(27)29-13-15-9-5-4-6-10-15/h4-6,9-10,16H,7-8,11-13,23H2,1-3H3,(H,25,28)/t16-/m0/s1. The van der Waals surface area contributed by atoms with Gasteiger partial charge in [0.1, 0.15) is 17.1 Å². The van der Waals surface area contributed by atoms with E-state index in [1.807, 2.05) is 30.3 Å². The molecule has 31 heavy (non-hydrogen) atoms. The summed E-state index contributed by atoms with van der Waals surface area (Å²) in [5.74, 6) is -1.16. The number of alkyl carbamates (subject to hydrolysis) is 1. The maximum absolute atomic E-state index is 13.1. The number of Topliss-reactive ketones (excluding diaryl/α,β-unsaturated/α-hetero) is 1. The Hall–Kier alpha value is -2.78. The average molecular weight is 447 g/mol. The van der Waals surface area contributed by atoms with E-state index in [0.717, 1.165) is 16.9 Å². The molecular weight excluding hydrogens is 418 g/mol. The molecule has 1 aromatic carbocycles. The minimum Gasteiger partial charge on any atom is -0.456 e. The number of aromatic nitrogens is 1. The number of amides is 1. The van der Waals surface area contributed by atoms with Crippen molar-refractivity contribution in [2.24, 2.45) is 5.73 Å². The second-order valence-corrected chi connectivity index (χ2v) is 8.69. The summed E-state index contributed by atoms with van der Waals surface area (Å²) in [6.45, 7) is 5.73. The Morgan fingerprint density at radius 1 is 1.19 bits per heavy atom. The van der Waals surface area contributed by atoms with Gasteiger partial charge >= 0.3 is 12.1 Å². The maximum atomic E-state index is 13.1. The fourth-order valence-electron chi connectivity index (χ4n) is 2.68. The molecule has 1 heterocycles. The van der Waals surface area contributed by atoms with Crippen LogP contribution < -0.4 is 11.1 Å². The van der Waals surface area contributed by atoms with Crippen LogP contribution in [0.25, 0.3) is 0 Å². The predicted molar refractivity (Wildman–Crippen MR) is 117 cm³/mol. The first-order valence-corrected chi connectivity index (χ1v) is 10.8. The summed E-state index contributed by atoms with van der Waals surface area (Å²) in [6.07, 6.45) is 0.964. The van der Waals surface area contributed by atoms with Crippen LogP contribution >= 0.6 is 11.3 Å². The molecule has 0 aliphatic carbocycles. The van der Waals surface area contributed by atoms with Crippen LogP contribution in [0.4, 0.5) is 4.79 Å². The minimum atomic E-state index is -0.879. The van der Waals surface area contributed by atoms with Crippen molar-refractivity contribution >= 4 is 29.2 Å². The number of nitrogens with zero attached hydrogens (tertiary/aromatic N) is 1. The smallest absolute Gasteiger partial charge is 0.408 e. The second-order valence-electron chi connectivity index (χ2n) is 7.89. The number of nitrogens with two attached hydrogens (primary N) is 1. The number of hydrogen-bond donors (Lipinski definition) is 2. The number of carbonyl (C=O) groups excluding carboxylic acids is 3. The monoisotopic (exact) mass is 446 g/mol. The molecule has 167 valence electrons. The van der Waals surface area contributed by atoms with Crippen LogP contribution in [0, 0.1) is 5.51 Å². The molecule has 0 fully saturated rings. The van der Waals surface area contributed by atoms with E-state index in [2.05, 4.69) is 15.8 Å². The Morgan fingerprint density at radius 2 is 1.90 bits per heavy atom. The number of rotatable bonds is 10. The fraction of sp³-hybridized carbons (Fsp3) is 0.455. The molecule has 0 spiro atoms. The van der Waals surface area contributed by atoms with Gasteiger partial charge in [-0.1, -0.05) is 30.3 Å². The number of hydrogen-bond acceptors (Lipinski definition) is 8. The molecule has 2 aromatic rings. The van der Waals surface area contributed by atoms with Gasteiger partial charge in [0.05, 0.1) is 6.04 Å². The fourth-order valence-corrected chi connectivity index (χ4v) is 3.38. The van der Waals surface area contributed by atoms with Gasteiger partial charge < -0.3 is 20.5 Å². The third-order valence-corrected chi connectivity index (χ3v) is 4.89. The SMILES string of the molecule is CC(C)(C)OC(=O)N[C@@H](CCCCN)C(=O)c1s[c]nc1C(=O)OCc1ccccc1. The van der Waals surface area contributed by atoms with Crippen LogP contribution in [0.3, 0.4) is 0 Å². The van der Waals surface area contributed by atoms with E-state index in [-0.39, 0.29) is 17.2 Å². The van der Waals surface area contributed by atoms with Gasteiger partial charge in [-0.3, -0.25) is 4.79 Å². The largest absolute Gasteiger partial charge is 0.456 e. The van der Waals surface area contributed by atoms with Gasteiger partial charge in [-0.05, 0) is 52.1 Å². The number of ether oxygens (including phenoxy) is 2. The van der Waals surface area contributed by atoms with Gasteiger partial charge in [0, 0.05) is 0 Å². The summed E-state index contributed by atoms with van der Waals surface area (Å²) < 4.78 is 10.6. The molecule has 1 aromatic heterocycles. The molecule has 8 nitrogen and oxygen atoms in total. The van der Waals surface area contributed by atoms with Crippen molar-refractivity contribution in [3.63, 3.8) is 0 Å². The van der Waals surface area contributed by atoms with E-state index in [1.165, 1.54) is 0 Å². The first-order chi connectivity index (χ1) is 14.7. The Kier molecular flexibility index (Phi) is 9.14. The first-order valence-electron chi connectivity index (χ1n) is 10.0. The quantitative estimate of drug-likeness (QED) is 0.325. The van der Waals surface area contributed by atoms with Gasteiger partial charge in [-0.25, -0.2) is 14.6 Å². The highest BCUT2D eigenvalue weighted by atomic mass is 32.1. The van der Waals surface area contributed by atoms with Gasteiger partial charge in [-0.15, -0.1) is 11.3 Å². The topological polar surface area (TPSA) is 121 Å². The summed E-state index contributed by atoms with van der Waals surface area (Å²) in [5, 5.41) is 2.61.